The molecule has 1 heterocycles. The van der Waals surface area contributed by atoms with Gasteiger partial charge in [-0.15, -0.1) is 0 Å². The normalized spacial score (nSPS) is 24.9. The van der Waals surface area contributed by atoms with Crippen molar-refractivity contribution in [2.24, 2.45) is 5.92 Å². The fourth-order valence-corrected chi connectivity index (χ4v) is 3.11. The molecule has 1 aliphatic rings. The zero-order valence-electron chi connectivity index (χ0n) is 12.7. The maximum absolute atomic E-state index is 6.23. The molecule has 1 aromatic rings. The first kappa shape index (κ1) is 15.8. The molecule has 0 spiro atoms. The maximum atomic E-state index is 6.23. The minimum atomic E-state index is 0.397. The van der Waals surface area contributed by atoms with Gasteiger partial charge < -0.3 is 10.1 Å². The minimum Gasteiger partial charge on any atom is -0.378 e. The molecule has 0 radical (unpaired) electrons. The predicted molar refractivity (Wildman–Crippen MR) is 85.4 cm³/mol. The molecular weight excluding hydrogens is 270 g/mol. The van der Waals surface area contributed by atoms with Gasteiger partial charge in [-0.1, -0.05) is 43.6 Å². The van der Waals surface area contributed by atoms with Gasteiger partial charge in [0.15, 0.2) is 0 Å². The lowest BCUT2D eigenvalue weighted by molar-refractivity contribution is -0.0256. The van der Waals surface area contributed by atoms with Crippen molar-refractivity contribution < 1.29 is 4.74 Å². The molecule has 1 saturated heterocycles. The van der Waals surface area contributed by atoms with Crippen LogP contribution >= 0.6 is 11.6 Å². The number of nitrogens with one attached hydrogen (secondary N) is 1. The first-order valence-electron chi connectivity index (χ1n) is 7.67. The Labute approximate surface area is 127 Å². The van der Waals surface area contributed by atoms with E-state index in [0.717, 1.165) is 30.9 Å². The topological polar surface area (TPSA) is 21.3 Å². The van der Waals surface area contributed by atoms with Crippen LogP contribution in [0.5, 0.6) is 0 Å². The van der Waals surface area contributed by atoms with Gasteiger partial charge in [0.25, 0.3) is 0 Å². The molecule has 0 aromatic heterocycles. The summed E-state index contributed by atoms with van der Waals surface area (Å²) in [6.45, 7) is 7.59. The van der Waals surface area contributed by atoms with Gasteiger partial charge in [-0.2, -0.15) is 0 Å². The Morgan fingerprint density at radius 1 is 1.30 bits per heavy atom. The monoisotopic (exact) mass is 295 g/mol. The van der Waals surface area contributed by atoms with Crippen LogP contribution in [0.15, 0.2) is 24.3 Å². The predicted octanol–water partition coefficient (Wildman–Crippen LogP) is 4.06. The second-order valence-corrected chi connectivity index (χ2v) is 6.65. The van der Waals surface area contributed by atoms with E-state index in [1.54, 1.807) is 0 Å². The Morgan fingerprint density at radius 3 is 2.75 bits per heavy atom. The van der Waals surface area contributed by atoms with E-state index < -0.39 is 0 Å². The van der Waals surface area contributed by atoms with Crippen molar-refractivity contribution in [2.75, 3.05) is 6.61 Å². The van der Waals surface area contributed by atoms with Crippen molar-refractivity contribution in [1.29, 1.82) is 0 Å². The van der Waals surface area contributed by atoms with Crippen LogP contribution in [0.25, 0.3) is 0 Å². The molecule has 3 unspecified atom stereocenters. The van der Waals surface area contributed by atoms with Gasteiger partial charge in [-0.25, -0.2) is 0 Å². The Kier molecular flexibility index (Phi) is 5.88. The molecule has 3 heteroatoms. The lowest BCUT2D eigenvalue weighted by Gasteiger charge is -2.34. The van der Waals surface area contributed by atoms with Gasteiger partial charge in [0, 0.05) is 23.7 Å². The minimum absolute atomic E-state index is 0.397. The third-order valence-electron chi connectivity index (χ3n) is 4.06. The Bertz CT molecular complexity index is 421. The molecule has 1 aromatic carbocycles. The fraction of sp³-hybridized carbons (Fsp3) is 0.647. The van der Waals surface area contributed by atoms with Gasteiger partial charge in [-0.3, -0.25) is 0 Å². The van der Waals surface area contributed by atoms with Crippen LogP contribution in [0, 0.1) is 5.92 Å². The van der Waals surface area contributed by atoms with Crippen LogP contribution in [-0.2, 0) is 11.2 Å². The van der Waals surface area contributed by atoms with Crippen molar-refractivity contribution in [3.8, 4) is 0 Å². The highest BCUT2D eigenvalue weighted by Crippen LogP contribution is 2.21. The molecule has 0 amide bonds. The second kappa shape index (κ2) is 7.44. The number of hydrogen-bond donors (Lipinski definition) is 1. The summed E-state index contributed by atoms with van der Waals surface area (Å²) in [5.74, 6) is 0.596. The van der Waals surface area contributed by atoms with E-state index in [2.05, 4.69) is 38.2 Å². The van der Waals surface area contributed by atoms with Crippen molar-refractivity contribution >= 4 is 11.6 Å². The Balaban J connectivity index is 1.85. The molecule has 3 atom stereocenters. The van der Waals surface area contributed by atoms with Crippen molar-refractivity contribution in [3.63, 3.8) is 0 Å². The number of benzene rings is 1. The van der Waals surface area contributed by atoms with Gasteiger partial charge in [0.2, 0.25) is 0 Å². The summed E-state index contributed by atoms with van der Waals surface area (Å²) in [5, 5.41) is 4.61. The van der Waals surface area contributed by atoms with Crippen molar-refractivity contribution in [2.45, 2.75) is 58.2 Å². The summed E-state index contributed by atoms with van der Waals surface area (Å²) in [7, 11) is 0. The fourth-order valence-electron chi connectivity index (χ4n) is 2.90. The third-order valence-corrected chi connectivity index (χ3v) is 4.43. The third kappa shape index (κ3) is 4.47. The average molecular weight is 296 g/mol. The van der Waals surface area contributed by atoms with Crippen LogP contribution in [0.3, 0.4) is 0 Å². The standard InChI is InChI=1S/C17H26ClNO/c1-12(2)17-11-15(8-9-20-17)19-13(3)10-14-6-4-5-7-16(14)18/h4-7,12-13,15,17,19H,8-11H2,1-3H3. The highest BCUT2D eigenvalue weighted by molar-refractivity contribution is 6.31. The van der Waals surface area contributed by atoms with E-state index >= 15 is 0 Å². The first-order chi connectivity index (χ1) is 9.56. The van der Waals surface area contributed by atoms with Crippen LogP contribution in [0.1, 0.15) is 39.2 Å². The number of rotatable bonds is 5. The van der Waals surface area contributed by atoms with E-state index in [0.29, 0.717) is 24.1 Å². The molecule has 112 valence electrons. The van der Waals surface area contributed by atoms with Gasteiger partial charge in [-0.05, 0) is 43.7 Å². The van der Waals surface area contributed by atoms with Crippen LogP contribution in [-0.4, -0.2) is 24.8 Å². The molecule has 1 N–H and O–H groups in total. The van der Waals surface area contributed by atoms with Crippen LogP contribution in [0.2, 0.25) is 5.02 Å². The Morgan fingerprint density at radius 2 is 2.05 bits per heavy atom. The highest BCUT2D eigenvalue weighted by atomic mass is 35.5. The quantitative estimate of drug-likeness (QED) is 0.884. The molecule has 2 nitrogen and oxygen atoms in total. The zero-order valence-corrected chi connectivity index (χ0v) is 13.5. The number of ether oxygens (including phenoxy) is 1. The van der Waals surface area contributed by atoms with E-state index in [4.69, 9.17) is 16.3 Å². The van der Waals surface area contributed by atoms with Crippen LogP contribution < -0.4 is 5.32 Å². The van der Waals surface area contributed by atoms with E-state index in [-0.39, 0.29) is 0 Å². The molecule has 20 heavy (non-hydrogen) atoms. The lowest BCUT2D eigenvalue weighted by atomic mass is 9.94. The second-order valence-electron chi connectivity index (χ2n) is 6.24. The summed E-state index contributed by atoms with van der Waals surface area (Å²) in [5.41, 5.74) is 1.22. The molecule has 1 fully saturated rings. The summed E-state index contributed by atoms with van der Waals surface area (Å²) in [4.78, 5) is 0. The summed E-state index contributed by atoms with van der Waals surface area (Å²) < 4.78 is 5.83. The molecule has 0 bridgehead atoms. The summed E-state index contributed by atoms with van der Waals surface area (Å²) in [6, 6.07) is 9.11. The average Bonchev–Trinajstić information content (AvgIpc) is 2.41. The molecule has 1 aliphatic heterocycles. The highest BCUT2D eigenvalue weighted by Gasteiger charge is 2.25. The van der Waals surface area contributed by atoms with E-state index in [1.807, 2.05) is 12.1 Å². The maximum Gasteiger partial charge on any atom is 0.0612 e. The van der Waals surface area contributed by atoms with Gasteiger partial charge in [0.1, 0.15) is 0 Å². The summed E-state index contributed by atoms with van der Waals surface area (Å²) >= 11 is 6.23. The molecular formula is C17H26ClNO. The van der Waals surface area contributed by atoms with Crippen molar-refractivity contribution in [3.05, 3.63) is 34.9 Å². The number of halogens is 1. The van der Waals surface area contributed by atoms with Crippen LogP contribution in [0.4, 0.5) is 0 Å². The lowest BCUT2D eigenvalue weighted by Crippen LogP contribution is -2.45. The van der Waals surface area contributed by atoms with E-state index in [1.165, 1.54) is 5.56 Å². The first-order valence-corrected chi connectivity index (χ1v) is 8.05. The largest absolute Gasteiger partial charge is 0.378 e. The molecule has 2 rings (SSSR count). The van der Waals surface area contributed by atoms with Gasteiger partial charge in [0.05, 0.1) is 6.10 Å². The van der Waals surface area contributed by atoms with Gasteiger partial charge >= 0.3 is 0 Å². The van der Waals surface area contributed by atoms with Crippen molar-refractivity contribution in [1.82, 2.24) is 5.32 Å². The summed E-state index contributed by atoms with van der Waals surface area (Å²) in [6.07, 6.45) is 3.60. The molecule has 0 saturated carbocycles. The zero-order chi connectivity index (χ0) is 14.5. The Hall–Kier alpha value is -0.570. The number of hydrogen-bond acceptors (Lipinski definition) is 2. The molecule has 0 aliphatic carbocycles. The smallest absolute Gasteiger partial charge is 0.0612 e. The van der Waals surface area contributed by atoms with E-state index in [9.17, 15) is 0 Å². The SMILES string of the molecule is CC(Cc1ccccc1Cl)NC1CCOC(C(C)C)C1.